The summed E-state index contributed by atoms with van der Waals surface area (Å²) in [6.07, 6.45) is 7.43. The van der Waals surface area contributed by atoms with Crippen LogP contribution in [0.25, 0.3) is 0 Å². The van der Waals surface area contributed by atoms with Gasteiger partial charge in [-0.25, -0.2) is 4.99 Å². The summed E-state index contributed by atoms with van der Waals surface area (Å²) in [5.74, 6) is 2.56. The summed E-state index contributed by atoms with van der Waals surface area (Å²) in [6, 6.07) is 0. The van der Waals surface area contributed by atoms with Crippen LogP contribution in [0.2, 0.25) is 0 Å². The van der Waals surface area contributed by atoms with Crippen molar-refractivity contribution in [1.82, 2.24) is 9.36 Å². The van der Waals surface area contributed by atoms with Gasteiger partial charge in [0.05, 0.1) is 5.54 Å². The lowest BCUT2D eigenvalue weighted by atomic mass is 9.53. The van der Waals surface area contributed by atoms with E-state index in [-0.39, 0.29) is 11.5 Å². The van der Waals surface area contributed by atoms with Crippen LogP contribution in [0.15, 0.2) is 10.1 Å². The average Bonchev–Trinajstić information content (AvgIpc) is 2.33. The van der Waals surface area contributed by atoms with E-state index in [1.165, 1.54) is 19.3 Å². The predicted molar refractivity (Wildman–Crippen MR) is 80.8 cm³/mol. The molecule has 0 spiro atoms. The van der Waals surface area contributed by atoms with Crippen molar-refractivity contribution < 1.29 is 0 Å². The number of halogens is 2. The van der Waals surface area contributed by atoms with Crippen molar-refractivity contribution >= 4 is 35.5 Å². The second kappa shape index (κ2) is 5.15. The molecule has 0 unspecified atom stereocenters. The molecule has 0 amide bonds. The summed E-state index contributed by atoms with van der Waals surface area (Å²) in [4.78, 5) is 7.27. The van der Waals surface area contributed by atoms with Crippen molar-refractivity contribution in [2.75, 3.05) is 0 Å². The molecule has 0 aromatic rings. The van der Waals surface area contributed by atoms with Crippen LogP contribution in [-0.2, 0) is 0 Å². The van der Waals surface area contributed by atoms with Gasteiger partial charge in [0, 0.05) is 23.6 Å². The molecule has 4 bridgehead atoms. The van der Waals surface area contributed by atoms with Gasteiger partial charge >= 0.3 is 0 Å². The summed E-state index contributed by atoms with van der Waals surface area (Å²) in [6.45, 7) is 0. The van der Waals surface area contributed by atoms with Crippen LogP contribution < -0.4 is 16.3 Å². The molecule has 0 heterocycles. The van der Waals surface area contributed by atoms with E-state index in [0.29, 0.717) is 5.96 Å². The van der Waals surface area contributed by atoms with Gasteiger partial charge in [-0.15, -0.1) is 9.63 Å². The van der Waals surface area contributed by atoms with Crippen molar-refractivity contribution in [2.45, 2.75) is 44.1 Å². The fraction of sp³-hybridized carbons (Fsp3) is 0.833. The molecule has 5 N–H and O–H groups in total. The lowest BCUT2D eigenvalue weighted by Gasteiger charge is -2.55. The summed E-state index contributed by atoms with van der Waals surface area (Å²) in [7, 11) is 0. The van der Waals surface area contributed by atoms with E-state index in [1.807, 2.05) is 0 Å². The highest BCUT2D eigenvalue weighted by molar-refractivity contribution is 6.28. The van der Waals surface area contributed by atoms with E-state index in [1.54, 1.807) is 0 Å². The zero-order valence-electron chi connectivity index (χ0n) is 11.2. The molecule has 0 radical (unpaired) electrons. The van der Waals surface area contributed by atoms with Crippen LogP contribution in [-0.4, -0.2) is 22.0 Å². The molecule has 4 rings (SSSR count). The van der Waals surface area contributed by atoms with Crippen LogP contribution in [0.5, 0.6) is 0 Å². The lowest BCUT2D eigenvalue weighted by molar-refractivity contribution is 0.00121. The highest BCUT2D eigenvalue weighted by atomic mass is 35.5. The largest absolute Gasteiger partial charge is 0.369 e. The van der Waals surface area contributed by atoms with Crippen molar-refractivity contribution in [3.8, 4) is 0 Å². The molecule has 0 atom stereocenters. The van der Waals surface area contributed by atoms with E-state index >= 15 is 0 Å². The number of aliphatic imine (C=N–C) groups is 1. The Hall–Kier alpha value is -0.880. The quantitative estimate of drug-likeness (QED) is 0.313. The van der Waals surface area contributed by atoms with Crippen LogP contribution in [0.4, 0.5) is 0 Å². The normalized spacial score (nSPS) is 38.7. The number of rotatable bonds is 2. The lowest BCUT2D eigenvalue weighted by Crippen LogP contribution is -2.50. The Morgan fingerprint density at radius 3 is 2.00 bits per heavy atom. The Morgan fingerprint density at radius 2 is 1.60 bits per heavy atom. The highest BCUT2D eigenvalue weighted by Crippen LogP contribution is 2.57. The summed E-state index contributed by atoms with van der Waals surface area (Å²) >= 11 is 11.7. The number of hydrazone groups is 1. The molecular weight excluding hydrogens is 299 g/mol. The van der Waals surface area contributed by atoms with E-state index in [0.717, 1.165) is 41.5 Å². The molecule has 6 nitrogen and oxygen atoms in total. The Labute approximate surface area is 128 Å². The number of guanidine groups is 2. The maximum absolute atomic E-state index is 5.99. The fourth-order valence-corrected chi connectivity index (χ4v) is 5.01. The minimum Gasteiger partial charge on any atom is -0.369 e. The Balaban J connectivity index is 1.84. The number of nitrogens with two attached hydrogens (primary N) is 2. The van der Waals surface area contributed by atoms with Crippen LogP contribution in [0.3, 0.4) is 0 Å². The van der Waals surface area contributed by atoms with Crippen molar-refractivity contribution in [3.05, 3.63) is 0 Å². The summed E-state index contributed by atoms with van der Waals surface area (Å²) < 4.78 is 0.987. The molecule has 4 aliphatic carbocycles. The first-order chi connectivity index (χ1) is 9.49. The summed E-state index contributed by atoms with van der Waals surface area (Å²) in [5.41, 5.74) is 10.6. The second-order valence-corrected chi connectivity index (χ2v) is 6.97. The first-order valence-corrected chi connectivity index (χ1v) is 7.73. The third kappa shape index (κ3) is 2.63. The molecule has 8 heteroatoms. The molecule has 112 valence electrons. The molecule has 20 heavy (non-hydrogen) atoms. The third-order valence-electron chi connectivity index (χ3n) is 4.81. The van der Waals surface area contributed by atoms with Crippen molar-refractivity contribution in [2.24, 2.45) is 39.3 Å². The van der Waals surface area contributed by atoms with Crippen LogP contribution in [0, 0.1) is 17.8 Å². The Morgan fingerprint density at radius 1 is 1.10 bits per heavy atom. The maximum Gasteiger partial charge on any atom is 0.246 e. The van der Waals surface area contributed by atoms with E-state index in [9.17, 15) is 0 Å². The van der Waals surface area contributed by atoms with Gasteiger partial charge in [0.15, 0.2) is 0 Å². The minimum atomic E-state index is -0.134. The topological polar surface area (TPSA) is 92.0 Å². The van der Waals surface area contributed by atoms with Gasteiger partial charge in [0.1, 0.15) is 0 Å². The number of nitrogens with zero attached hydrogens (tertiary/aromatic N) is 3. The van der Waals surface area contributed by atoms with Crippen molar-refractivity contribution in [1.29, 1.82) is 0 Å². The van der Waals surface area contributed by atoms with E-state index in [2.05, 4.69) is 9.94 Å². The van der Waals surface area contributed by atoms with Gasteiger partial charge in [-0.1, -0.05) is 0 Å². The number of hydrogen-bond donors (Lipinski definition) is 3. The van der Waals surface area contributed by atoms with E-state index in [4.69, 9.17) is 40.0 Å². The Bertz CT molecular complexity index is 410. The van der Waals surface area contributed by atoms with E-state index < -0.39 is 0 Å². The first-order valence-electron chi connectivity index (χ1n) is 7.01. The van der Waals surface area contributed by atoms with Gasteiger partial charge in [0.25, 0.3) is 0 Å². The van der Waals surface area contributed by atoms with Gasteiger partial charge in [0.2, 0.25) is 11.9 Å². The monoisotopic (exact) mass is 318 g/mol. The molecule has 4 fully saturated rings. The molecule has 0 aromatic heterocycles. The zero-order valence-corrected chi connectivity index (χ0v) is 12.7. The first kappa shape index (κ1) is 14.1. The average molecular weight is 319 g/mol. The van der Waals surface area contributed by atoms with Gasteiger partial charge in [-0.3, -0.25) is 4.84 Å². The second-order valence-electron chi connectivity index (χ2n) is 6.46. The van der Waals surface area contributed by atoms with Crippen molar-refractivity contribution in [3.63, 3.8) is 0 Å². The molecule has 4 aliphatic rings. The van der Waals surface area contributed by atoms with Gasteiger partial charge in [-0.05, 0) is 56.3 Å². The molecule has 0 aromatic carbocycles. The molecule has 0 aliphatic heterocycles. The molecule has 0 saturated heterocycles. The van der Waals surface area contributed by atoms with Crippen LogP contribution in [0.1, 0.15) is 38.5 Å². The molecular formula is C12H20Cl2N6. The summed E-state index contributed by atoms with van der Waals surface area (Å²) in [5, 5.41) is 3.74. The zero-order chi connectivity index (χ0) is 14.3. The SMILES string of the molecule is NC(N)=NN(Cl)C(=NC12CC3CC(CC(C3)C1)C2)NCl. The number of hydrogen-bond acceptors (Lipinski definition) is 2. The maximum atomic E-state index is 5.99. The fourth-order valence-electron chi connectivity index (χ4n) is 4.67. The minimum absolute atomic E-state index is 0.0437. The van der Waals surface area contributed by atoms with Crippen LogP contribution >= 0.6 is 23.6 Å². The standard InChI is InChI=1S/C12H20Cl2N6/c13-18-11(20(14)19-10(15)16)17-12-4-7-1-8(5-12)3-9(2-7)6-12/h7-9H,1-6H2,(H,17,18)(H4,15,16,19). The predicted octanol–water partition coefficient (Wildman–Crippen LogP) is 1.70. The third-order valence-corrected chi connectivity index (χ3v) is 5.22. The smallest absolute Gasteiger partial charge is 0.246 e. The molecule has 4 saturated carbocycles. The number of nitrogens with one attached hydrogen (secondary N) is 1. The van der Waals surface area contributed by atoms with Gasteiger partial charge in [-0.2, -0.15) is 0 Å². The highest BCUT2D eigenvalue weighted by Gasteiger charge is 2.51. The van der Waals surface area contributed by atoms with Gasteiger partial charge < -0.3 is 11.5 Å². The Kier molecular flexibility index (Phi) is 3.62.